The minimum absolute atomic E-state index is 0.0847. The van der Waals surface area contributed by atoms with E-state index in [9.17, 15) is 4.79 Å². The number of benzene rings is 1. The van der Waals surface area contributed by atoms with Gasteiger partial charge >= 0.3 is 0 Å². The predicted octanol–water partition coefficient (Wildman–Crippen LogP) is 3.89. The minimum atomic E-state index is 0.0847. The molecule has 0 fully saturated rings. The summed E-state index contributed by atoms with van der Waals surface area (Å²) in [6.07, 6.45) is 0.728. The normalized spacial score (nSPS) is 10.6. The number of ether oxygens (including phenoxy) is 1. The van der Waals surface area contributed by atoms with E-state index in [1.54, 1.807) is 6.92 Å². The summed E-state index contributed by atoms with van der Waals surface area (Å²) in [4.78, 5) is 16.6. The molecule has 0 amide bonds. The van der Waals surface area contributed by atoms with Crippen LogP contribution in [0.4, 0.5) is 0 Å². The number of nitrogens with zero attached hydrogens (tertiary/aromatic N) is 1. The molecule has 0 aliphatic heterocycles. The maximum absolute atomic E-state index is 11.4. The van der Waals surface area contributed by atoms with Gasteiger partial charge in [-0.05, 0) is 44.0 Å². The summed E-state index contributed by atoms with van der Waals surface area (Å²) in [5.41, 5.74) is 3.22. The summed E-state index contributed by atoms with van der Waals surface area (Å²) >= 11 is 1.47. The number of rotatable bonds is 5. The number of thiazole rings is 1. The molecule has 4 heteroatoms. The molecule has 1 aromatic carbocycles. The predicted molar refractivity (Wildman–Crippen MR) is 82.0 cm³/mol. The van der Waals surface area contributed by atoms with Crippen LogP contribution in [-0.2, 0) is 6.42 Å². The van der Waals surface area contributed by atoms with Gasteiger partial charge in [0.05, 0.1) is 22.2 Å². The lowest BCUT2D eigenvalue weighted by Crippen LogP contribution is -2.01. The number of carbonyl (C=O) groups excluding carboxylic acids is 1. The van der Waals surface area contributed by atoms with Gasteiger partial charge in [-0.3, -0.25) is 4.79 Å². The second-order valence-corrected chi connectivity index (χ2v) is 6.08. The molecular weight excluding hydrogens is 270 g/mol. The molecule has 0 atom stereocenters. The van der Waals surface area contributed by atoms with Crippen LogP contribution in [0.2, 0.25) is 0 Å². The molecule has 0 saturated carbocycles. The van der Waals surface area contributed by atoms with Gasteiger partial charge in [0.2, 0.25) is 0 Å². The molecular formula is C16H19NO2S. The van der Waals surface area contributed by atoms with Crippen molar-refractivity contribution in [2.24, 2.45) is 0 Å². The Bertz CT molecular complexity index is 611. The van der Waals surface area contributed by atoms with Crippen molar-refractivity contribution in [1.29, 1.82) is 0 Å². The standard InChI is InChI=1S/C16H19NO2S/c1-10-7-11(2)9-14(8-10)19-6-5-15-17-12(3)16(20-15)13(4)18/h7-9H,5-6H2,1-4H3. The molecule has 0 spiro atoms. The zero-order valence-corrected chi connectivity index (χ0v) is 13.1. The van der Waals surface area contributed by atoms with Gasteiger partial charge in [0.1, 0.15) is 5.75 Å². The van der Waals surface area contributed by atoms with E-state index >= 15 is 0 Å². The summed E-state index contributed by atoms with van der Waals surface area (Å²) in [5.74, 6) is 0.976. The van der Waals surface area contributed by atoms with Gasteiger partial charge in [0, 0.05) is 13.3 Å². The minimum Gasteiger partial charge on any atom is -0.493 e. The molecule has 1 heterocycles. The Morgan fingerprint density at radius 1 is 1.20 bits per heavy atom. The summed E-state index contributed by atoms with van der Waals surface area (Å²) in [7, 11) is 0. The van der Waals surface area contributed by atoms with Gasteiger partial charge in [-0.2, -0.15) is 0 Å². The Balaban J connectivity index is 1.96. The Hall–Kier alpha value is -1.68. The fraction of sp³-hybridized carbons (Fsp3) is 0.375. The van der Waals surface area contributed by atoms with E-state index in [-0.39, 0.29) is 5.78 Å². The number of ketones is 1. The Morgan fingerprint density at radius 3 is 2.40 bits per heavy atom. The highest BCUT2D eigenvalue weighted by atomic mass is 32.1. The molecule has 0 N–H and O–H groups in total. The second-order valence-electron chi connectivity index (χ2n) is 5.00. The van der Waals surface area contributed by atoms with Crippen LogP contribution in [-0.4, -0.2) is 17.4 Å². The number of carbonyl (C=O) groups is 1. The molecule has 20 heavy (non-hydrogen) atoms. The lowest BCUT2D eigenvalue weighted by Gasteiger charge is -2.07. The van der Waals surface area contributed by atoms with Crippen molar-refractivity contribution in [3.63, 3.8) is 0 Å². The summed E-state index contributed by atoms with van der Waals surface area (Å²) in [6, 6.07) is 6.18. The number of hydrogen-bond donors (Lipinski definition) is 0. The molecule has 0 aliphatic carbocycles. The van der Waals surface area contributed by atoms with Gasteiger partial charge in [0.15, 0.2) is 5.78 Å². The van der Waals surface area contributed by atoms with Crippen LogP contribution in [0.1, 0.15) is 38.4 Å². The smallest absolute Gasteiger partial charge is 0.171 e. The Labute approximate surface area is 123 Å². The number of Topliss-reactive ketones (excluding diaryl/α,β-unsaturated/α-hetero) is 1. The van der Waals surface area contributed by atoms with Crippen molar-refractivity contribution in [3.05, 3.63) is 44.9 Å². The van der Waals surface area contributed by atoms with Crippen LogP contribution < -0.4 is 4.74 Å². The molecule has 1 aromatic heterocycles. The summed E-state index contributed by atoms with van der Waals surface area (Å²) in [6.45, 7) is 8.15. The van der Waals surface area contributed by atoms with Crippen LogP contribution in [0, 0.1) is 20.8 Å². The SMILES string of the molecule is CC(=O)c1sc(CCOc2cc(C)cc(C)c2)nc1C. The molecule has 0 saturated heterocycles. The third kappa shape index (κ3) is 3.67. The van der Waals surface area contributed by atoms with Gasteiger partial charge in [0.25, 0.3) is 0 Å². The largest absolute Gasteiger partial charge is 0.493 e. The first-order valence-corrected chi connectivity index (χ1v) is 7.45. The highest BCUT2D eigenvalue weighted by Crippen LogP contribution is 2.20. The van der Waals surface area contributed by atoms with E-state index in [0.29, 0.717) is 6.61 Å². The maximum Gasteiger partial charge on any atom is 0.171 e. The average Bonchev–Trinajstić information content (AvgIpc) is 2.69. The quantitative estimate of drug-likeness (QED) is 0.784. The van der Waals surface area contributed by atoms with Crippen molar-refractivity contribution in [3.8, 4) is 5.75 Å². The summed E-state index contributed by atoms with van der Waals surface area (Å²) in [5, 5.41) is 0.956. The zero-order valence-electron chi connectivity index (χ0n) is 12.3. The fourth-order valence-corrected chi connectivity index (χ4v) is 3.10. The van der Waals surface area contributed by atoms with Gasteiger partial charge in [-0.15, -0.1) is 11.3 Å². The molecule has 106 valence electrons. The number of hydrogen-bond acceptors (Lipinski definition) is 4. The van der Waals surface area contributed by atoms with Crippen LogP contribution in [0.25, 0.3) is 0 Å². The highest BCUT2D eigenvalue weighted by molar-refractivity contribution is 7.13. The van der Waals surface area contributed by atoms with Crippen LogP contribution in [0.15, 0.2) is 18.2 Å². The van der Waals surface area contributed by atoms with Crippen molar-refractivity contribution in [1.82, 2.24) is 4.98 Å². The molecule has 0 radical (unpaired) electrons. The van der Waals surface area contributed by atoms with Crippen LogP contribution >= 0.6 is 11.3 Å². The van der Waals surface area contributed by atoms with E-state index in [2.05, 4.69) is 24.9 Å². The van der Waals surface area contributed by atoms with Crippen molar-refractivity contribution < 1.29 is 9.53 Å². The van der Waals surface area contributed by atoms with Crippen LogP contribution in [0.5, 0.6) is 5.75 Å². The van der Waals surface area contributed by atoms with Crippen LogP contribution in [0.3, 0.4) is 0 Å². The fourth-order valence-electron chi connectivity index (χ4n) is 2.16. The van der Waals surface area contributed by atoms with Gasteiger partial charge < -0.3 is 4.74 Å². The first-order chi connectivity index (χ1) is 9.45. The highest BCUT2D eigenvalue weighted by Gasteiger charge is 2.11. The first-order valence-electron chi connectivity index (χ1n) is 6.64. The van der Waals surface area contributed by atoms with Crippen molar-refractivity contribution >= 4 is 17.1 Å². The molecule has 3 nitrogen and oxygen atoms in total. The number of aryl methyl sites for hydroxylation is 3. The zero-order chi connectivity index (χ0) is 14.7. The van der Waals surface area contributed by atoms with Crippen molar-refractivity contribution in [2.45, 2.75) is 34.1 Å². The Morgan fingerprint density at radius 2 is 1.85 bits per heavy atom. The maximum atomic E-state index is 11.4. The topological polar surface area (TPSA) is 39.2 Å². The van der Waals surface area contributed by atoms with Crippen molar-refractivity contribution in [2.75, 3.05) is 6.61 Å². The second kappa shape index (κ2) is 6.18. The van der Waals surface area contributed by atoms with E-state index in [1.165, 1.54) is 22.5 Å². The molecule has 0 aliphatic rings. The first kappa shape index (κ1) is 14.7. The molecule has 2 aromatic rings. The van der Waals surface area contributed by atoms with E-state index in [4.69, 9.17) is 4.74 Å². The molecule has 0 unspecified atom stereocenters. The molecule has 2 rings (SSSR count). The molecule has 0 bridgehead atoms. The average molecular weight is 289 g/mol. The van der Waals surface area contributed by atoms with E-state index in [0.717, 1.165) is 27.7 Å². The summed E-state index contributed by atoms with van der Waals surface area (Å²) < 4.78 is 5.76. The monoisotopic (exact) mass is 289 g/mol. The lowest BCUT2D eigenvalue weighted by atomic mass is 10.1. The third-order valence-corrected chi connectivity index (χ3v) is 4.26. The Kier molecular flexibility index (Phi) is 4.55. The van der Waals surface area contributed by atoms with E-state index in [1.807, 2.05) is 19.1 Å². The lowest BCUT2D eigenvalue weighted by molar-refractivity contribution is 0.102. The third-order valence-electron chi connectivity index (χ3n) is 2.94. The number of aromatic nitrogens is 1. The van der Waals surface area contributed by atoms with E-state index < -0.39 is 0 Å². The van der Waals surface area contributed by atoms with Gasteiger partial charge in [-0.1, -0.05) is 6.07 Å². The van der Waals surface area contributed by atoms with Gasteiger partial charge in [-0.25, -0.2) is 4.98 Å².